The third-order valence-electron chi connectivity index (χ3n) is 4.54. The molecule has 0 amide bonds. The van der Waals surface area contributed by atoms with E-state index in [1.807, 2.05) is 0 Å². The summed E-state index contributed by atoms with van der Waals surface area (Å²) in [5, 5.41) is -0.378. The zero-order valence-electron chi connectivity index (χ0n) is 12.1. The molecule has 1 aliphatic rings. The average molecular weight is 317 g/mol. The Morgan fingerprint density at radius 1 is 1.15 bits per heavy atom. The Morgan fingerprint density at radius 2 is 1.75 bits per heavy atom. The lowest BCUT2D eigenvalue weighted by atomic mass is 9.93. The van der Waals surface area contributed by atoms with Gasteiger partial charge in [-0.15, -0.1) is 0 Å². The van der Waals surface area contributed by atoms with E-state index in [1.54, 1.807) is 0 Å². The zero-order valence-corrected chi connectivity index (χ0v) is 14.0. The molecule has 1 aromatic carbocycles. The molecule has 0 spiro atoms. The van der Waals surface area contributed by atoms with E-state index in [0.717, 1.165) is 18.4 Å². The van der Waals surface area contributed by atoms with Crippen LogP contribution in [0.1, 0.15) is 50.5 Å². The summed E-state index contributed by atoms with van der Waals surface area (Å²) in [4.78, 5) is 0. The summed E-state index contributed by atoms with van der Waals surface area (Å²) in [6, 6.07) is 6.94. The van der Waals surface area contributed by atoms with Crippen molar-refractivity contribution in [3.05, 3.63) is 34.4 Å². The van der Waals surface area contributed by atoms with E-state index in [-0.39, 0.29) is 5.02 Å². The van der Waals surface area contributed by atoms with Crippen LogP contribution < -0.4 is 0 Å². The fourth-order valence-corrected chi connectivity index (χ4v) is 6.87. The van der Waals surface area contributed by atoms with Gasteiger partial charge in [0.2, 0.25) is 0 Å². The van der Waals surface area contributed by atoms with Crippen LogP contribution in [0.5, 0.6) is 0 Å². The molecule has 0 N–H and O–H groups in total. The second-order valence-electron chi connectivity index (χ2n) is 6.01. The first kappa shape index (κ1) is 16.0. The van der Waals surface area contributed by atoms with Crippen LogP contribution in [-0.2, 0) is 0 Å². The van der Waals surface area contributed by atoms with E-state index in [2.05, 4.69) is 6.92 Å². The van der Waals surface area contributed by atoms with E-state index in [1.165, 1.54) is 49.5 Å². The van der Waals surface area contributed by atoms with Crippen molar-refractivity contribution in [1.29, 1.82) is 0 Å². The van der Waals surface area contributed by atoms with Crippen molar-refractivity contribution in [2.45, 2.75) is 63.1 Å². The van der Waals surface area contributed by atoms with Gasteiger partial charge in [-0.05, 0) is 36.5 Å². The van der Waals surface area contributed by atoms with E-state index in [9.17, 15) is 8.78 Å². The average Bonchev–Trinajstić information content (AvgIpc) is 2.45. The Balaban J connectivity index is 1.90. The Morgan fingerprint density at radius 3 is 2.30 bits per heavy atom. The van der Waals surface area contributed by atoms with E-state index >= 15 is 0 Å². The van der Waals surface area contributed by atoms with Gasteiger partial charge in [-0.2, -0.15) is 0 Å². The van der Waals surface area contributed by atoms with Gasteiger partial charge >= 0.3 is 0 Å². The van der Waals surface area contributed by atoms with Crippen molar-refractivity contribution < 1.29 is 8.78 Å². The van der Waals surface area contributed by atoms with Crippen molar-refractivity contribution in [1.82, 2.24) is 0 Å². The SMILES string of the molecule is CCCCC[Si@H]1CC[C@H](c2cc(F)c(Cl)c(F)c2)CC1. The third kappa shape index (κ3) is 4.04. The summed E-state index contributed by atoms with van der Waals surface area (Å²) in [7, 11) is -0.568. The van der Waals surface area contributed by atoms with Gasteiger partial charge in [0, 0.05) is 8.80 Å². The fourth-order valence-electron chi connectivity index (χ4n) is 3.28. The lowest BCUT2D eigenvalue weighted by Gasteiger charge is -2.28. The Kier molecular flexibility index (Phi) is 6.03. The summed E-state index contributed by atoms with van der Waals surface area (Å²) in [5.41, 5.74) is 0.797. The number of halogens is 3. The van der Waals surface area contributed by atoms with Crippen molar-refractivity contribution in [3.63, 3.8) is 0 Å². The zero-order chi connectivity index (χ0) is 14.5. The van der Waals surface area contributed by atoms with Crippen LogP contribution >= 0.6 is 11.6 Å². The molecule has 20 heavy (non-hydrogen) atoms. The predicted molar refractivity (Wildman–Crippen MR) is 84.4 cm³/mol. The summed E-state index contributed by atoms with van der Waals surface area (Å²) in [6.45, 7) is 2.24. The standard InChI is InChI=1S/C16H23ClF2Si/c1-2-3-4-7-20-8-5-12(6-9-20)13-10-14(18)16(17)15(19)11-13/h10-12,20H,2-9H2,1H3/t12-,20-. The summed E-state index contributed by atoms with van der Waals surface area (Å²) in [5.74, 6) is -0.917. The molecule has 0 atom stereocenters. The molecule has 4 heteroatoms. The van der Waals surface area contributed by atoms with Crippen LogP contribution in [0.2, 0.25) is 23.2 Å². The van der Waals surface area contributed by atoms with E-state index in [4.69, 9.17) is 11.6 Å². The number of benzene rings is 1. The minimum atomic E-state index is -0.621. The predicted octanol–water partition coefficient (Wildman–Crippen LogP) is 5.91. The third-order valence-corrected chi connectivity index (χ3v) is 8.43. The van der Waals surface area contributed by atoms with Gasteiger partial charge in [0.25, 0.3) is 0 Å². The highest BCUT2D eigenvalue weighted by Gasteiger charge is 2.24. The summed E-state index contributed by atoms with van der Waals surface area (Å²) < 4.78 is 27.0. The van der Waals surface area contributed by atoms with Crippen LogP contribution in [0.4, 0.5) is 8.78 Å². The smallest absolute Gasteiger partial charge is 0.145 e. The van der Waals surface area contributed by atoms with Crippen molar-refractivity contribution >= 4 is 20.4 Å². The largest absolute Gasteiger partial charge is 0.205 e. The first-order valence-corrected chi connectivity index (χ1v) is 10.6. The minimum Gasteiger partial charge on any atom is -0.205 e. The lowest BCUT2D eigenvalue weighted by Crippen LogP contribution is -2.20. The highest BCUT2D eigenvalue weighted by atomic mass is 35.5. The fraction of sp³-hybridized carbons (Fsp3) is 0.625. The van der Waals surface area contributed by atoms with Crippen LogP contribution in [0.3, 0.4) is 0 Å². The molecule has 0 bridgehead atoms. The number of unbranched alkanes of at least 4 members (excludes halogenated alkanes) is 2. The van der Waals surface area contributed by atoms with Crippen molar-refractivity contribution in [2.75, 3.05) is 0 Å². The minimum absolute atomic E-state index is 0.325. The maximum Gasteiger partial charge on any atom is 0.145 e. The molecule has 1 saturated heterocycles. The van der Waals surface area contributed by atoms with Gasteiger partial charge in [0.05, 0.1) is 0 Å². The highest BCUT2D eigenvalue weighted by Crippen LogP contribution is 2.36. The molecule has 0 unspecified atom stereocenters. The van der Waals surface area contributed by atoms with Gasteiger partial charge in [-0.25, -0.2) is 8.78 Å². The van der Waals surface area contributed by atoms with Crippen molar-refractivity contribution in [2.24, 2.45) is 0 Å². The second kappa shape index (κ2) is 7.55. The van der Waals surface area contributed by atoms with Gasteiger partial charge in [-0.1, -0.05) is 55.9 Å². The molecule has 1 aliphatic heterocycles. The number of hydrogen-bond acceptors (Lipinski definition) is 0. The maximum absolute atomic E-state index is 13.5. The maximum atomic E-state index is 13.5. The molecular formula is C16H23ClF2Si. The van der Waals surface area contributed by atoms with E-state index < -0.39 is 20.4 Å². The number of rotatable bonds is 5. The molecule has 1 fully saturated rings. The summed E-state index contributed by atoms with van der Waals surface area (Å²) in [6.07, 6.45) is 6.21. The topological polar surface area (TPSA) is 0 Å². The Bertz CT molecular complexity index is 419. The normalized spacial score (nSPS) is 23.0. The van der Waals surface area contributed by atoms with Crippen LogP contribution in [-0.4, -0.2) is 8.80 Å². The van der Waals surface area contributed by atoms with Gasteiger partial charge in [0.15, 0.2) is 0 Å². The second-order valence-corrected chi connectivity index (χ2v) is 9.85. The number of hydrogen-bond donors (Lipinski definition) is 0. The monoisotopic (exact) mass is 316 g/mol. The molecule has 1 aromatic rings. The van der Waals surface area contributed by atoms with E-state index in [0.29, 0.717) is 5.92 Å². The first-order valence-electron chi connectivity index (χ1n) is 7.76. The quantitative estimate of drug-likeness (QED) is 0.360. The van der Waals surface area contributed by atoms with Crippen LogP contribution in [0.15, 0.2) is 12.1 Å². The molecule has 0 radical (unpaired) electrons. The molecule has 0 saturated carbocycles. The van der Waals surface area contributed by atoms with Crippen molar-refractivity contribution in [3.8, 4) is 0 Å². The van der Waals surface area contributed by atoms with Crippen LogP contribution in [0, 0.1) is 11.6 Å². The Hall–Kier alpha value is -0.413. The first-order chi connectivity index (χ1) is 9.61. The van der Waals surface area contributed by atoms with Gasteiger partial charge < -0.3 is 0 Å². The molecule has 1 heterocycles. The Labute approximate surface area is 127 Å². The lowest BCUT2D eigenvalue weighted by molar-refractivity contribution is 0.558. The van der Waals surface area contributed by atoms with Crippen LogP contribution in [0.25, 0.3) is 0 Å². The molecule has 0 aromatic heterocycles. The highest BCUT2D eigenvalue weighted by molar-refractivity contribution is 6.59. The molecule has 2 rings (SSSR count). The van der Waals surface area contributed by atoms with Gasteiger partial charge in [-0.3, -0.25) is 0 Å². The summed E-state index contributed by atoms with van der Waals surface area (Å²) >= 11 is 5.54. The molecular weight excluding hydrogens is 294 g/mol. The molecule has 112 valence electrons. The molecule has 0 aliphatic carbocycles. The van der Waals surface area contributed by atoms with Gasteiger partial charge in [0.1, 0.15) is 16.7 Å². The molecule has 0 nitrogen and oxygen atoms in total.